The van der Waals surface area contributed by atoms with Gasteiger partial charge in [0.25, 0.3) is 5.91 Å². The van der Waals surface area contributed by atoms with E-state index in [-0.39, 0.29) is 24.0 Å². The van der Waals surface area contributed by atoms with E-state index in [0.29, 0.717) is 12.1 Å². The molecule has 0 saturated carbocycles. The molecule has 0 aromatic heterocycles. The first kappa shape index (κ1) is 20.4. The fourth-order valence-corrected chi connectivity index (χ4v) is 4.15. The number of carbonyl (C=O) groups excluding carboxylic acids is 2. The molecule has 1 N–H and O–H groups in total. The molecule has 0 saturated heterocycles. The first-order chi connectivity index (χ1) is 13.5. The molecule has 0 radical (unpaired) electrons. The van der Waals surface area contributed by atoms with Gasteiger partial charge in [0.05, 0.1) is 23.9 Å². The molecule has 0 fully saturated rings. The Bertz CT molecular complexity index is 742. The number of hydrogen-bond donors (Lipinski definition) is 1. The molecule has 0 unspecified atom stereocenters. The lowest BCUT2D eigenvalue weighted by molar-refractivity contribution is -0.127. The molecule has 152 valence electrons. The molecule has 0 aliphatic carbocycles. The Kier molecular flexibility index (Phi) is 6.39. The predicted molar refractivity (Wildman–Crippen MR) is 111 cm³/mol. The minimum atomic E-state index is -0.375. The monoisotopic (exact) mass is 384 g/mol. The van der Waals surface area contributed by atoms with Crippen LogP contribution in [0.2, 0.25) is 0 Å². The molecule has 3 rings (SSSR count). The van der Waals surface area contributed by atoms with Crippen molar-refractivity contribution in [3.05, 3.63) is 47.2 Å². The lowest BCUT2D eigenvalue weighted by Crippen LogP contribution is -2.45. The van der Waals surface area contributed by atoms with Crippen molar-refractivity contribution < 1.29 is 9.59 Å². The van der Waals surface area contributed by atoms with Crippen LogP contribution in [0, 0.1) is 0 Å². The maximum atomic E-state index is 13.3. The van der Waals surface area contributed by atoms with Gasteiger partial charge in [-0.1, -0.05) is 44.2 Å². The van der Waals surface area contributed by atoms with Crippen molar-refractivity contribution in [3.63, 3.8) is 0 Å². The first-order valence-corrected chi connectivity index (χ1v) is 10.3. The summed E-state index contributed by atoms with van der Waals surface area (Å²) in [5, 5.41) is 2.99. The Labute approximate surface area is 168 Å². The van der Waals surface area contributed by atoms with Gasteiger partial charge in [0.15, 0.2) is 0 Å². The highest BCUT2D eigenvalue weighted by Gasteiger charge is 2.43. The van der Waals surface area contributed by atoms with E-state index in [4.69, 9.17) is 0 Å². The van der Waals surface area contributed by atoms with Gasteiger partial charge in [-0.3, -0.25) is 9.69 Å². The number of rotatable bonds is 8. The zero-order chi connectivity index (χ0) is 20.3. The Morgan fingerprint density at radius 3 is 2.50 bits per heavy atom. The molecular formula is C22H32N4O2. The molecular weight excluding hydrogens is 352 g/mol. The summed E-state index contributed by atoms with van der Waals surface area (Å²) in [7, 11) is 1.74. The van der Waals surface area contributed by atoms with Gasteiger partial charge in [-0.05, 0) is 45.0 Å². The van der Waals surface area contributed by atoms with E-state index in [1.165, 1.54) is 0 Å². The minimum absolute atomic E-state index is 0.0473. The van der Waals surface area contributed by atoms with E-state index in [0.717, 1.165) is 43.7 Å². The van der Waals surface area contributed by atoms with E-state index in [9.17, 15) is 9.59 Å². The van der Waals surface area contributed by atoms with Crippen molar-refractivity contribution in [2.45, 2.75) is 45.7 Å². The molecule has 0 bridgehead atoms. The lowest BCUT2D eigenvalue weighted by atomic mass is 9.96. The number of carbonyl (C=O) groups is 2. The molecule has 2 aliphatic rings. The summed E-state index contributed by atoms with van der Waals surface area (Å²) < 4.78 is 0. The third kappa shape index (κ3) is 3.92. The zero-order valence-corrected chi connectivity index (χ0v) is 17.4. The van der Waals surface area contributed by atoms with Gasteiger partial charge in [-0.25, -0.2) is 4.79 Å². The fourth-order valence-electron chi connectivity index (χ4n) is 4.15. The second-order valence-corrected chi connectivity index (χ2v) is 7.66. The summed E-state index contributed by atoms with van der Waals surface area (Å²) in [6.45, 7) is 10.1. The Balaban J connectivity index is 1.74. The van der Waals surface area contributed by atoms with Gasteiger partial charge in [0, 0.05) is 13.1 Å². The van der Waals surface area contributed by atoms with Crippen LogP contribution in [-0.4, -0.2) is 65.9 Å². The third-order valence-electron chi connectivity index (χ3n) is 6.04. The molecule has 2 atom stereocenters. The van der Waals surface area contributed by atoms with Crippen LogP contribution < -0.4 is 5.32 Å². The van der Waals surface area contributed by atoms with E-state index in [2.05, 4.69) is 31.0 Å². The van der Waals surface area contributed by atoms with Crippen LogP contribution in [0.25, 0.3) is 0 Å². The van der Waals surface area contributed by atoms with Crippen LogP contribution in [0.1, 0.15) is 45.2 Å². The van der Waals surface area contributed by atoms with Crippen LogP contribution in [0.4, 0.5) is 4.79 Å². The van der Waals surface area contributed by atoms with E-state index >= 15 is 0 Å². The molecule has 6 heteroatoms. The van der Waals surface area contributed by atoms with Gasteiger partial charge in [0.1, 0.15) is 0 Å². The van der Waals surface area contributed by atoms with E-state index in [1.54, 1.807) is 11.9 Å². The number of hydrogen-bond acceptors (Lipinski definition) is 3. The summed E-state index contributed by atoms with van der Waals surface area (Å²) >= 11 is 0. The summed E-state index contributed by atoms with van der Waals surface area (Å²) in [5.74, 6) is 0.0473. The normalized spacial score (nSPS) is 20.7. The van der Waals surface area contributed by atoms with Gasteiger partial charge >= 0.3 is 6.03 Å². The summed E-state index contributed by atoms with van der Waals surface area (Å²) in [6, 6.07) is 9.36. The van der Waals surface area contributed by atoms with Crippen molar-refractivity contribution in [3.8, 4) is 0 Å². The fraction of sp³-hybridized carbons (Fsp3) is 0.545. The van der Waals surface area contributed by atoms with Gasteiger partial charge in [0.2, 0.25) is 0 Å². The van der Waals surface area contributed by atoms with Gasteiger partial charge in [-0.2, -0.15) is 0 Å². The summed E-state index contributed by atoms with van der Waals surface area (Å²) in [5.41, 5.74) is 2.49. The van der Waals surface area contributed by atoms with Crippen molar-refractivity contribution >= 4 is 11.9 Å². The molecule has 6 nitrogen and oxygen atoms in total. The van der Waals surface area contributed by atoms with Crippen LogP contribution in [0.15, 0.2) is 41.6 Å². The topological polar surface area (TPSA) is 55.9 Å². The van der Waals surface area contributed by atoms with Crippen molar-refractivity contribution in [2.24, 2.45) is 0 Å². The number of urea groups is 1. The minimum Gasteiger partial charge on any atom is -0.330 e. The Hall–Kier alpha value is -2.34. The molecule has 3 amide bonds. The van der Waals surface area contributed by atoms with Crippen LogP contribution in [-0.2, 0) is 4.79 Å². The molecule has 2 aliphatic heterocycles. The summed E-state index contributed by atoms with van der Waals surface area (Å²) in [4.78, 5) is 31.7. The standard InChI is InChI=1S/C22H32N4O2/c1-5-25(6-2)14-10-11-16(3)26-15-18-19(21(26)27)20(23-22(28)24(18)4)17-12-8-7-9-13-17/h7-9,12-13,16,20H,5-6,10-11,14-15H2,1-4H3,(H,23,28)/t16-,20-/m1/s1. The lowest BCUT2D eigenvalue weighted by Gasteiger charge is -2.31. The number of nitrogens with zero attached hydrogens (tertiary/aromatic N) is 3. The zero-order valence-electron chi connectivity index (χ0n) is 17.4. The molecule has 1 aromatic carbocycles. The average molecular weight is 385 g/mol. The number of benzene rings is 1. The van der Waals surface area contributed by atoms with Crippen LogP contribution >= 0.6 is 0 Å². The van der Waals surface area contributed by atoms with Crippen molar-refractivity contribution in [1.82, 2.24) is 20.0 Å². The second-order valence-electron chi connectivity index (χ2n) is 7.66. The molecule has 0 spiro atoms. The largest absolute Gasteiger partial charge is 0.330 e. The SMILES string of the molecule is CCN(CC)CCC[C@@H](C)N1CC2=C(C1=O)[C@@H](c1ccccc1)NC(=O)N2C. The molecule has 28 heavy (non-hydrogen) atoms. The van der Waals surface area contributed by atoms with Gasteiger partial charge in [-0.15, -0.1) is 0 Å². The third-order valence-corrected chi connectivity index (χ3v) is 6.04. The second kappa shape index (κ2) is 8.78. The van der Waals surface area contributed by atoms with E-state index in [1.807, 2.05) is 35.2 Å². The highest BCUT2D eigenvalue weighted by molar-refractivity contribution is 6.01. The van der Waals surface area contributed by atoms with Crippen molar-refractivity contribution in [1.29, 1.82) is 0 Å². The van der Waals surface area contributed by atoms with Crippen molar-refractivity contribution in [2.75, 3.05) is 33.2 Å². The average Bonchev–Trinajstić information content (AvgIpc) is 3.06. The first-order valence-electron chi connectivity index (χ1n) is 10.3. The summed E-state index contributed by atoms with van der Waals surface area (Å²) in [6.07, 6.45) is 2.02. The number of nitrogens with one attached hydrogen (secondary N) is 1. The maximum Gasteiger partial charge on any atom is 0.322 e. The van der Waals surface area contributed by atoms with Crippen LogP contribution in [0.3, 0.4) is 0 Å². The molecule has 2 heterocycles. The Morgan fingerprint density at radius 2 is 1.86 bits per heavy atom. The number of amides is 3. The molecule has 1 aromatic rings. The maximum absolute atomic E-state index is 13.3. The number of likely N-dealkylation sites (N-methyl/N-ethyl adjacent to an activating group) is 1. The highest BCUT2D eigenvalue weighted by Crippen LogP contribution is 2.36. The Morgan fingerprint density at radius 1 is 1.18 bits per heavy atom. The van der Waals surface area contributed by atoms with Crippen LogP contribution in [0.5, 0.6) is 0 Å². The highest BCUT2D eigenvalue weighted by atomic mass is 16.2. The smallest absolute Gasteiger partial charge is 0.322 e. The van der Waals surface area contributed by atoms with E-state index < -0.39 is 0 Å². The quantitative estimate of drug-likeness (QED) is 0.750. The predicted octanol–water partition coefficient (Wildman–Crippen LogP) is 2.99. The van der Waals surface area contributed by atoms with Gasteiger partial charge < -0.3 is 15.1 Å².